The minimum absolute atomic E-state index is 0.00196. The summed E-state index contributed by atoms with van der Waals surface area (Å²) in [6.45, 7) is 4.29. The number of nitrogens with two attached hydrogens (primary N) is 1. The van der Waals surface area contributed by atoms with Gasteiger partial charge in [0.15, 0.2) is 0 Å². The monoisotopic (exact) mass is 362 g/mol. The molecule has 2 aromatic rings. The predicted octanol–water partition coefficient (Wildman–Crippen LogP) is 1.93. The molecule has 25 heavy (non-hydrogen) atoms. The molecule has 2 aliphatic rings. The fourth-order valence-electron chi connectivity index (χ4n) is 3.78. The van der Waals surface area contributed by atoms with Gasteiger partial charge in [0.05, 0.1) is 35.4 Å². The lowest BCUT2D eigenvalue weighted by Crippen LogP contribution is -2.43. The number of anilines is 1. The van der Waals surface area contributed by atoms with Crippen molar-refractivity contribution in [2.24, 2.45) is 5.84 Å². The van der Waals surface area contributed by atoms with Gasteiger partial charge >= 0.3 is 0 Å². The first-order chi connectivity index (χ1) is 12.1. The van der Waals surface area contributed by atoms with Gasteiger partial charge < -0.3 is 10.0 Å². The summed E-state index contributed by atoms with van der Waals surface area (Å²) in [7, 11) is 0. The van der Waals surface area contributed by atoms with Crippen LogP contribution in [0.1, 0.15) is 31.4 Å². The highest BCUT2D eigenvalue weighted by Gasteiger charge is 2.29. The summed E-state index contributed by atoms with van der Waals surface area (Å²) in [5.74, 6) is 7.11. The standard InChI is InChI=1S/C17H23ClN6O/c1-12(23-6-3-7-24(23)19)14-8-15(18)16-9-20-11-22(16)17(14)21-5-2-4-13(25)10-21/h3,6,8-9,11-13,25H,2,4-5,7,10,19H2,1H3/t12?,13-/m0/s1. The minimum Gasteiger partial charge on any atom is -0.391 e. The molecule has 0 aromatic carbocycles. The number of piperidine rings is 1. The maximum absolute atomic E-state index is 10.2. The van der Waals surface area contributed by atoms with Crippen molar-refractivity contribution in [3.05, 3.63) is 41.5 Å². The van der Waals surface area contributed by atoms with Gasteiger partial charge in [0.1, 0.15) is 12.1 Å². The van der Waals surface area contributed by atoms with Crippen LogP contribution in [0.15, 0.2) is 30.9 Å². The number of imidazole rings is 1. The molecule has 7 nitrogen and oxygen atoms in total. The van der Waals surface area contributed by atoms with E-state index in [0.717, 1.165) is 36.3 Å². The second-order valence-electron chi connectivity index (χ2n) is 6.72. The highest BCUT2D eigenvalue weighted by atomic mass is 35.5. The van der Waals surface area contributed by atoms with Crippen molar-refractivity contribution in [1.29, 1.82) is 0 Å². The molecule has 0 radical (unpaired) electrons. The molecule has 0 saturated carbocycles. The number of aliphatic hydroxyl groups excluding tert-OH is 1. The largest absolute Gasteiger partial charge is 0.391 e. The van der Waals surface area contributed by atoms with Crippen LogP contribution in [-0.4, -0.2) is 50.4 Å². The highest BCUT2D eigenvalue weighted by molar-refractivity contribution is 6.34. The van der Waals surface area contributed by atoms with Crippen molar-refractivity contribution >= 4 is 22.9 Å². The molecule has 0 spiro atoms. The van der Waals surface area contributed by atoms with Gasteiger partial charge in [-0.3, -0.25) is 15.3 Å². The number of rotatable bonds is 3. The second kappa shape index (κ2) is 6.49. The van der Waals surface area contributed by atoms with Crippen LogP contribution in [0.4, 0.5) is 5.82 Å². The Bertz CT molecular complexity index is 806. The Labute approximate surface area is 151 Å². The minimum atomic E-state index is -0.316. The SMILES string of the molecule is CC(c1cc(Cl)c2cncn2c1N1CCC[C@H](O)C1)N1C=CCN1N. The Morgan fingerprint density at radius 3 is 3.00 bits per heavy atom. The molecule has 134 valence electrons. The first-order valence-electron chi connectivity index (χ1n) is 8.61. The van der Waals surface area contributed by atoms with Gasteiger partial charge in [0.25, 0.3) is 0 Å². The number of hydrogen-bond donors (Lipinski definition) is 2. The smallest absolute Gasteiger partial charge is 0.120 e. The molecular formula is C17H23ClN6O. The number of hydrogen-bond acceptors (Lipinski definition) is 6. The molecule has 2 aliphatic heterocycles. The fourth-order valence-corrected chi connectivity index (χ4v) is 4.04. The molecule has 4 heterocycles. The van der Waals surface area contributed by atoms with Crippen LogP contribution in [0, 0.1) is 0 Å². The van der Waals surface area contributed by atoms with Crippen LogP contribution in [0.25, 0.3) is 5.52 Å². The van der Waals surface area contributed by atoms with Crippen molar-refractivity contribution in [2.45, 2.75) is 31.9 Å². The van der Waals surface area contributed by atoms with Crippen molar-refractivity contribution in [2.75, 3.05) is 24.5 Å². The van der Waals surface area contributed by atoms with Crippen molar-refractivity contribution in [3.8, 4) is 0 Å². The van der Waals surface area contributed by atoms with E-state index < -0.39 is 0 Å². The predicted molar refractivity (Wildman–Crippen MR) is 97.9 cm³/mol. The number of hydrazine groups is 2. The molecule has 0 amide bonds. The average molecular weight is 363 g/mol. The Morgan fingerprint density at radius 2 is 2.28 bits per heavy atom. The lowest BCUT2D eigenvalue weighted by atomic mass is 10.0. The van der Waals surface area contributed by atoms with Crippen LogP contribution >= 0.6 is 11.6 Å². The van der Waals surface area contributed by atoms with E-state index in [0.29, 0.717) is 18.1 Å². The van der Waals surface area contributed by atoms with Gasteiger partial charge in [-0.2, -0.15) is 5.12 Å². The zero-order valence-corrected chi connectivity index (χ0v) is 15.0. The molecule has 2 atom stereocenters. The highest BCUT2D eigenvalue weighted by Crippen LogP contribution is 2.37. The molecule has 0 bridgehead atoms. The molecule has 0 aliphatic carbocycles. The number of aliphatic hydroxyl groups is 1. The number of pyridine rings is 1. The Kier molecular flexibility index (Phi) is 4.33. The van der Waals surface area contributed by atoms with E-state index in [1.807, 2.05) is 27.8 Å². The Morgan fingerprint density at radius 1 is 1.44 bits per heavy atom. The first-order valence-corrected chi connectivity index (χ1v) is 8.98. The zero-order valence-electron chi connectivity index (χ0n) is 14.2. The maximum atomic E-state index is 10.2. The lowest BCUT2D eigenvalue weighted by molar-refractivity contribution is 0.0157. The van der Waals surface area contributed by atoms with E-state index in [1.165, 1.54) is 0 Å². The number of nitrogens with zero attached hydrogens (tertiary/aromatic N) is 5. The molecule has 2 aromatic heterocycles. The van der Waals surface area contributed by atoms with E-state index in [-0.39, 0.29) is 12.1 Å². The summed E-state index contributed by atoms with van der Waals surface area (Å²) in [6.07, 6.45) is 9.06. The van der Waals surface area contributed by atoms with Crippen LogP contribution in [0.2, 0.25) is 5.02 Å². The molecule has 1 fully saturated rings. The van der Waals surface area contributed by atoms with Crippen LogP contribution in [0.3, 0.4) is 0 Å². The fraction of sp³-hybridized carbons (Fsp3) is 0.471. The van der Waals surface area contributed by atoms with E-state index in [1.54, 1.807) is 17.6 Å². The Balaban J connectivity index is 1.84. The van der Waals surface area contributed by atoms with Crippen molar-refractivity contribution in [1.82, 2.24) is 19.5 Å². The van der Waals surface area contributed by atoms with E-state index in [4.69, 9.17) is 17.4 Å². The summed E-state index contributed by atoms with van der Waals surface area (Å²) in [5, 5.41) is 14.5. The average Bonchev–Trinajstić information content (AvgIpc) is 3.23. The van der Waals surface area contributed by atoms with Gasteiger partial charge in [-0.25, -0.2) is 4.98 Å². The van der Waals surface area contributed by atoms with Crippen LogP contribution < -0.4 is 10.7 Å². The topological polar surface area (TPSA) is 73.3 Å². The van der Waals surface area contributed by atoms with Gasteiger partial charge in [0.2, 0.25) is 0 Å². The van der Waals surface area contributed by atoms with Crippen LogP contribution in [0.5, 0.6) is 0 Å². The van der Waals surface area contributed by atoms with E-state index in [2.05, 4.69) is 16.8 Å². The third kappa shape index (κ3) is 2.87. The molecule has 4 rings (SSSR count). The molecule has 1 saturated heterocycles. The molecule has 3 N–H and O–H groups in total. The lowest BCUT2D eigenvalue weighted by Gasteiger charge is -2.37. The summed E-state index contributed by atoms with van der Waals surface area (Å²) in [5.41, 5.74) is 1.93. The molecular weight excluding hydrogens is 340 g/mol. The number of aromatic nitrogens is 2. The van der Waals surface area contributed by atoms with Gasteiger partial charge in [-0.15, -0.1) is 0 Å². The second-order valence-corrected chi connectivity index (χ2v) is 7.13. The van der Waals surface area contributed by atoms with Gasteiger partial charge in [-0.05, 0) is 31.9 Å². The number of halogens is 1. The van der Waals surface area contributed by atoms with Gasteiger partial charge in [0, 0.05) is 24.9 Å². The molecule has 8 heteroatoms. The summed E-state index contributed by atoms with van der Waals surface area (Å²) < 4.78 is 2.02. The summed E-state index contributed by atoms with van der Waals surface area (Å²) in [4.78, 5) is 6.50. The quantitative estimate of drug-likeness (QED) is 0.813. The summed E-state index contributed by atoms with van der Waals surface area (Å²) in [6, 6.07) is 2.00. The number of β-amino-alcohol motifs (C(OH)–C–C–N with tert-alkyl or cyclic N) is 1. The number of fused-ring (bicyclic) bond motifs is 1. The summed E-state index contributed by atoms with van der Waals surface area (Å²) >= 11 is 6.52. The Hall–Kier alpha value is -1.80. The molecule has 1 unspecified atom stereocenters. The third-order valence-electron chi connectivity index (χ3n) is 5.04. The van der Waals surface area contributed by atoms with Crippen molar-refractivity contribution < 1.29 is 5.11 Å². The third-order valence-corrected chi connectivity index (χ3v) is 5.34. The normalized spacial score (nSPS) is 23.0. The zero-order chi connectivity index (χ0) is 17.6. The van der Waals surface area contributed by atoms with Gasteiger partial charge in [-0.1, -0.05) is 11.6 Å². The van der Waals surface area contributed by atoms with E-state index in [9.17, 15) is 5.11 Å². The van der Waals surface area contributed by atoms with Crippen molar-refractivity contribution in [3.63, 3.8) is 0 Å². The van der Waals surface area contributed by atoms with E-state index >= 15 is 0 Å². The van der Waals surface area contributed by atoms with Crippen LogP contribution in [-0.2, 0) is 0 Å². The first kappa shape index (κ1) is 16.7. The maximum Gasteiger partial charge on any atom is 0.120 e.